The lowest BCUT2D eigenvalue weighted by Crippen LogP contribution is -2.42. The van der Waals surface area contributed by atoms with Crippen molar-refractivity contribution in [3.63, 3.8) is 0 Å². The predicted molar refractivity (Wildman–Crippen MR) is 121 cm³/mol. The topological polar surface area (TPSA) is 70.5 Å². The predicted octanol–water partition coefficient (Wildman–Crippen LogP) is 3.74. The van der Waals surface area contributed by atoms with Gasteiger partial charge in [0.05, 0.1) is 25.5 Å². The van der Waals surface area contributed by atoms with E-state index >= 15 is 0 Å². The van der Waals surface area contributed by atoms with Gasteiger partial charge in [-0.25, -0.2) is 0 Å². The van der Waals surface area contributed by atoms with E-state index in [4.69, 9.17) is 21.4 Å². The number of nitrogens with zero attached hydrogens (tertiary/aromatic N) is 1. The van der Waals surface area contributed by atoms with Gasteiger partial charge in [0.25, 0.3) is 5.56 Å². The highest BCUT2D eigenvalue weighted by Crippen LogP contribution is 2.17. The molecule has 0 spiro atoms. The van der Waals surface area contributed by atoms with Crippen LogP contribution in [0.1, 0.15) is 36.7 Å². The zero-order valence-corrected chi connectivity index (χ0v) is 18.0. The highest BCUT2D eigenvalue weighted by Gasteiger charge is 2.19. The molecule has 6 nitrogen and oxygen atoms in total. The molecule has 0 aliphatic carbocycles. The second kappa shape index (κ2) is 9.45. The van der Waals surface area contributed by atoms with Gasteiger partial charge < -0.3 is 24.4 Å². The fourth-order valence-corrected chi connectivity index (χ4v) is 3.97. The number of aromatic nitrogens is 1. The number of nitrogens with one attached hydrogen (secondary N) is 2. The summed E-state index contributed by atoms with van der Waals surface area (Å²) in [5, 5.41) is 4.93. The third-order valence-electron chi connectivity index (χ3n) is 5.47. The van der Waals surface area contributed by atoms with Gasteiger partial charge in [-0.15, -0.1) is 0 Å². The fraction of sp³-hybridized carbons (Fsp3) is 0.391. The molecule has 0 bridgehead atoms. The van der Waals surface area contributed by atoms with Crippen LogP contribution in [0.2, 0.25) is 0 Å². The van der Waals surface area contributed by atoms with E-state index in [1.165, 1.54) is 5.56 Å². The molecule has 4 rings (SSSR count). The SMILES string of the molecule is CCc1ccc2[nH]c(=O)c(CN(Cc3ccco3)C(=S)NC[C@H]3CCCO3)cc2c1. The molecule has 2 aromatic heterocycles. The Hall–Kier alpha value is -2.64. The molecule has 1 atom stereocenters. The van der Waals surface area contributed by atoms with Crippen molar-refractivity contribution >= 4 is 28.2 Å². The third kappa shape index (κ3) is 4.91. The minimum absolute atomic E-state index is 0.0990. The molecule has 30 heavy (non-hydrogen) atoms. The summed E-state index contributed by atoms with van der Waals surface area (Å²) < 4.78 is 11.2. The lowest BCUT2D eigenvalue weighted by atomic mass is 10.1. The van der Waals surface area contributed by atoms with Crippen molar-refractivity contribution in [1.29, 1.82) is 0 Å². The van der Waals surface area contributed by atoms with E-state index in [-0.39, 0.29) is 11.7 Å². The quantitative estimate of drug-likeness (QED) is 0.562. The summed E-state index contributed by atoms with van der Waals surface area (Å²) in [6.45, 7) is 4.47. The number of hydrogen-bond acceptors (Lipinski definition) is 4. The first kappa shape index (κ1) is 20.6. The second-order valence-electron chi connectivity index (χ2n) is 7.66. The highest BCUT2D eigenvalue weighted by atomic mass is 32.1. The maximum Gasteiger partial charge on any atom is 0.253 e. The third-order valence-corrected chi connectivity index (χ3v) is 5.88. The molecule has 7 heteroatoms. The molecule has 3 heterocycles. The number of furan rings is 1. The molecule has 3 aromatic rings. The van der Waals surface area contributed by atoms with Gasteiger partial charge in [-0.05, 0) is 72.8 Å². The first-order chi connectivity index (χ1) is 14.6. The van der Waals surface area contributed by atoms with Crippen LogP contribution in [-0.2, 0) is 24.2 Å². The summed E-state index contributed by atoms with van der Waals surface area (Å²) in [6, 6.07) is 11.9. The molecule has 0 amide bonds. The van der Waals surface area contributed by atoms with Gasteiger partial charge in [-0.1, -0.05) is 13.0 Å². The van der Waals surface area contributed by atoms with Crippen LogP contribution in [0, 0.1) is 0 Å². The van der Waals surface area contributed by atoms with Crippen molar-refractivity contribution in [2.75, 3.05) is 13.2 Å². The van der Waals surface area contributed by atoms with Gasteiger partial charge in [-0.3, -0.25) is 4.79 Å². The van der Waals surface area contributed by atoms with Crippen molar-refractivity contribution in [1.82, 2.24) is 15.2 Å². The normalized spacial score (nSPS) is 16.1. The number of ether oxygens (including phenoxy) is 1. The molecule has 1 aliphatic heterocycles. The molecule has 1 aliphatic rings. The number of thiocarbonyl (C=S) groups is 1. The average Bonchev–Trinajstić information content (AvgIpc) is 3.46. The number of aryl methyl sites for hydroxylation is 1. The molecule has 1 aromatic carbocycles. The van der Waals surface area contributed by atoms with Gasteiger partial charge in [0.1, 0.15) is 5.76 Å². The summed E-state index contributed by atoms with van der Waals surface area (Å²) in [7, 11) is 0. The molecule has 0 unspecified atom stereocenters. The first-order valence-corrected chi connectivity index (χ1v) is 10.8. The maximum absolute atomic E-state index is 12.7. The van der Waals surface area contributed by atoms with Crippen LogP contribution in [0.15, 0.2) is 51.9 Å². The van der Waals surface area contributed by atoms with Gasteiger partial charge in [-0.2, -0.15) is 0 Å². The fourth-order valence-electron chi connectivity index (χ4n) is 3.75. The number of benzene rings is 1. The Labute approximate surface area is 181 Å². The first-order valence-electron chi connectivity index (χ1n) is 10.4. The van der Waals surface area contributed by atoms with E-state index in [0.29, 0.717) is 30.3 Å². The Balaban J connectivity index is 1.56. The molecular formula is C23H27N3O3S. The minimum Gasteiger partial charge on any atom is -0.467 e. The van der Waals surface area contributed by atoms with E-state index in [1.54, 1.807) is 6.26 Å². The molecule has 158 valence electrons. The van der Waals surface area contributed by atoms with Crippen LogP contribution in [0.3, 0.4) is 0 Å². The number of pyridine rings is 1. The molecule has 1 saturated heterocycles. The van der Waals surface area contributed by atoms with E-state index in [2.05, 4.69) is 23.3 Å². The molecular weight excluding hydrogens is 398 g/mol. The van der Waals surface area contributed by atoms with Crippen molar-refractivity contribution < 1.29 is 9.15 Å². The van der Waals surface area contributed by atoms with Gasteiger partial charge in [0, 0.05) is 24.2 Å². The van der Waals surface area contributed by atoms with Crippen LogP contribution < -0.4 is 10.9 Å². The Morgan fingerprint density at radius 2 is 2.20 bits per heavy atom. The Morgan fingerprint density at radius 1 is 1.30 bits per heavy atom. The van der Waals surface area contributed by atoms with Gasteiger partial charge in [0.15, 0.2) is 5.11 Å². The number of aromatic amines is 1. The second-order valence-corrected chi connectivity index (χ2v) is 8.04. The Kier molecular flexibility index (Phi) is 6.50. The lowest BCUT2D eigenvalue weighted by Gasteiger charge is -2.26. The highest BCUT2D eigenvalue weighted by molar-refractivity contribution is 7.80. The van der Waals surface area contributed by atoms with E-state index in [0.717, 1.165) is 42.5 Å². The molecule has 0 saturated carbocycles. The molecule has 2 N–H and O–H groups in total. The van der Waals surface area contributed by atoms with Crippen molar-refractivity contribution in [2.45, 2.75) is 45.4 Å². The monoisotopic (exact) mass is 425 g/mol. The summed E-state index contributed by atoms with van der Waals surface area (Å²) in [6.07, 6.45) is 4.90. The van der Waals surface area contributed by atoms with Crippen LogP contribution >= 0.6 is 12.2 Å². The molecule has 1 fully saturated rings. The summed E-state index contributed by atoms with van der Waals surface area (Å²) >= 11 is 5.67. The average molecular weight is 426 g/mol. The summed E-state index contributed by atoms with van der Waals surface area (Å²) in [4.78, 5) is 17.7. The van der Waals surface area contributed by atoms with Crippen LogP contribution in [0.5, 0.6) is 0 Å². The number of H-pyrrole nitrogens is 1. The largest absolute Gasteiger partial charge is 0.467 e. The minimum atomic E-state index is -0.0990. The maximum atomic E-state index is 12.7. The van der Waals surface area contributed by atoms with E-state index < -0.39 is 0 Å². The summed E-state index contributed by atoms with van der Waals surface area (Å²) in [5.41, 5.74) is 2.65. The smallest absolute Gasteiger partial charge is 0.253 e. The zero-order valence-electron chi connectivity index (χ0n) is 17.1. The van der Waals surface area contributed by atoms with Crippen LogP contribution in [0.4, 0.5) is 0 Å². The lowest BCUT2D eigenvalue weighted by molar-refractivity contribution is 0.113. The van der Waals surface area contributed by atoms with Crippen molar-refractivity contribution in [3.05, 3.63) is 69.9 Å². The number of hydrogen-bond donors (Lipinski definition) is 2. The van der Waals surface area contributed by atoms with Crippen molar-refractivity contribution in [3.8, 4) is 0 Å². The standard InChI is InChI=1S/C23H27N3O3S/c1-2-16-7-8-21-17(11-16)12-18(22(27)25-21)14-26(15-20-6-4-10-29-20)23(30)24-13-19-5-3-9-28-19/h4,6-8,10-12,19H,2-3,5,9,13-15H2,1H3,(H,24,30)(H,25,27)/t19-/m1/s1. The Morgan fingerprint density at radius 3 is 2.93 bits per heavy atom. The number of fused-ring (bicyclic) bond motifs is 1. The van der Waals surface area contributed by atoms with Gasteiger partial charge >= 0.3 is 0 Å². The van der Waals surface area contributed by atoms with E-state index in [9.17, 15) is 4.79 Å². The van der Waals surface area contributed by atoms with Crippen molar-refractivity contribution in [2.24, 2.45) is 0 Å². The zero-order chi connectivity index (χ0) is 20.9. The summed E-state index contributed by atoms with van der Waals surface area (Å²) in [5.74, 6) is 0.793. The van der Waals surface area contributed by atoms with Crippen LogP contribution in [-0.4, -0.2) is 34.3 Å². The number of rotatable bonds is 7. The van der Waals surface area contributed by atoms with Crippen LogP contribution in [0.25, 0.3) is 10.9 Å². The van der Waals surface area contributed by atoms with E-state index in [1.807, 2.05) is 35.2 Å². The molecule has 0 radical (unpaired) electrons. The Bertz CT molecular complexity index is 1060. The van der Waals surface area contributed by atoms with Gasteiger partial charge in [0.2, 0.25) is 0 Å².